The highest BCUT2D eigenvalue weighted by molar-refractivity contribution is 5.85. The minimum absolute atomic E-state index is 0. The van der Waals surface area contributed by atoms with Gasteiger partial charge in [0.05, 0.1) is 0 Å². The molecule has 78 valence electrons. The van der Waals surface area contributed by atoms with Gasteiger partial charge in [-0.1, -0.05) is 6.07 Å². The molecule has 1 heterocycles. The van der Waals surface area contributed by atoms with Crippen molar-refractivity contribution >= 4 is 12.4 Å². The van der Waals surface area contributed by atoms with Gasteiger partial charge >= 0.3 is 0 Å². The van der Waals surface area contributed by atoms with Crippen molar-refractivity contribution in [3.05, 3.63) is 23.5 Å². The molecule has 1 aromatic carbocycles. The Kier molecular flexibility index (Phi) is 3.55. The van der Waals surface area contributed by atoms with Crippen LogP contribution in [0.5, 0.6) is 11.5 Å². The molecule has 0 bridgehead atoms. The number of nitrogens with two attached hydrogens (primary N) is 1. The molecule has 0 spiro atoms. The molecule has 14 heavy (non-hydrogen) atoms. The van der Waals surface area contributed by atoms with Crippen LogP contribution in [0.4, 0.5) is 4.39 Å². The van der Waals surface area contributed by atoms with E-state index in [1.807, 2.05) is 0 Å². The molecule has 0 aliphatic carbocycles. The predicted molar refractivity (Wildman–Crippen MR) is 52.5 cm³/mol. The quantitative estimate of drug-likeness (QED) is 0.778. The van der Waals surface area contributed by atoms with Gasteiger partial charge in [-0.15, -0.1) is 12.4 Å². The molecule has 1 aliphatic heterocycles. The summed E-state index contributed by atoms with van der Waals surface area (Å²) in [4.78, 5) is 0. The Labute approximate surface area is 87.4 Å². The summed E-state index contributed by atoms with van der Waals surface area (Å²) < 4.78 is 23.8. The number of rotatable bonds is 1. The fraction of sp³-hybridized carbons (Fsp3) is 0.333. The summed E-state index contributed by atoms with van der Waals surface area (Å²) in [5.74, 6) is 0.245. The van der Waals surface area contributed by atoms with Crippen LogP contribution in [0.2, 0.25) is 0 Å². The third-order valence-corrected chi connectivity index (χ3v) is 1.95. The lowest BCUT2D eigenvalue weighted by Crippen LogP contribution is -2.17. The third-order valence-electron chi connectivity index (χ3n) is 1.95. The van der Waals surface area contributed by atoms with Crippen LogP contribution in [-0.4, -0.2) is 13.2 Å². The van der Waals surface area contributed by atoms with Crippen molar-refractivity contribution in [2.75, 3.05) is 13.2 Å². The van der Waals surface area contributed by atoms with Crippen LogP contribution >= 0.6 is 12.4 Å². The molecule has 0 aromatic heterocycles. The predicted octanol–water partition coefficient (Wildman–Crippen LogP) is 1.48. The number of ether oxygens (including phenoxy) is 2. The van der Waals surface area contributed by atoms with E-state index in [-0.39, 0.29) is 24.7 Å². The Morgan fingerprint density at radius 1 is 1.29 bits per heavy atom. The van der Waals surface area contributed by atoms with Gasteiger partial charge < -0.3 is 15.2 Å². The Morgan fingerprint density at radius 3 is 2.71 bits per heavy atom. The molecule has 0 amide bonds. The summed E-state index contributed by atoms with van der Waals surface area (Å²) in [5, 5.41) is 0. The molecule has 1 aliphatic rings. The zero-order valence-electron chi connectivity index (χ0n) is 7.46. The molecule has 0 saturated carbocycles. The van der Waals surface area contributed by atoms with Crippen LogP contribution in [-0.2, 0) is 6.54 Å². The first kappa shape index (κ1) is 11.1. The first-order valence-corrected chi connectivity index (χ1v) is 4.10. The molecule has 2 N–H and O–H groups in total. The molecule has 2 rings (SSSR count). The molecule has 5 heteroatoms. The highest BCUT2D eigenvalue weighted by Gasteiger charge is 2.18. The molecule has 0 atom stereocenters. The second-order valence-electron chi connectivity index (χ2n) is 2.77. The highest BCUT2D eigenvalue weighted by Crippen LogP contribution is 2.34. The van der Waals surface area contributed by atoms with Crippen molar-refractivity contribution in [2.24, 2.45) is 5.73 Å². The van der Waals surface area contributed by atoms with Crippen molar-refractivity contribution in [3.63, 3.8) is 0 Å². The van der Waals surface area contributed by atoms with Crippen LogP contribution in [0.1, 0.15) is 5.56 Å². The number of halogens is 2. The summed E-state index contributed by atoms with van der Waals surface area (Å²) >= 11 is 0. The molecular formula is C9H11ClFNO2. The molecule has 0 unspecified atom stereocenters. The van der Waals surface area contributed by atoms with E-state index in [2.05, 4.69) is 0 Å². The zero-order valence-corrected chi connectivity index (χ0v) is 8.27. The van der Waals surface area contributed by atoms with E-state index in [0.29, 0.717) is 24.5 Å². The molecule has 0 fully saturated rings. The maximum Gasteiger partial charge on any atom is 0.197 e. The summed E-state index contributed by atoms with van der Waals surface area (Å²) in [7, 11) is 0. The van der Waals surface area contributed by atoms with Gasteiger partial charge in [0, 0.05) is 12.1 Å². The fourth-order valence-electron chi connectivity index (χ4n) is 1.28. The van der Waals surface area contributed by atoms with Crippen molar-refractivity contribution in [3.8, 4) is 11.5 Å². The van der Waals surface area contributed by atoms with E-state index in [1.165, 1.54) is 0 Å². The third kappa shape index (κ3) is 1.76. The molecule has 0 saturated heterocycles. The van der Waals surface area contributed by atoms with Gasteiger partial charge in [0.1, 0.15) is 13.2 Å². The first-order chi connectivity index (χ1) is 6.33. The maximum atomic E-state index is 13.5. The van der Waals surface area contributed by atoms with Crippen LogP contribution in [0.3, 0.4) is 0 Å². The number of benzene rings is 1. The molecule has 0 radical (unpaired) electrons. The minimum Gasteiger partial charge on any atom is -0.486 e. The lowest BCUT2D eigenvalue weighted by Gasteiger charge is -2.19. The van der Waals surface area contributed by atoms with Gasteiger partial charge in [0.25, 0.3) is 0 Å². The zero-order chi connectivity index (χ0) is 9.26. The lowest BCUT2D eigenvalue weighted by atomic mass is 10.2. The topological polar surface area (TPSA) is 44.5 Å². The Morgan fingerprint density at radius 2 is 2.00 bits per heavy atom. The maximum absolute atomic E-state index is 13.5. The fourth-order valence-corrected chi connectivity index (χ4v) is 1.28. The van der Waals surface area contributed by atoms with Gasteiger partial charge in [-0.05, 0) is 6.07 Å². The van der Waals surface area contributed by atoms with Crippen molar-refractivity contribution in [2.45, 2.75) is 6.54 Å². The van der Waals surface area contributed by atoms with Gasteiger partial charge in [-0.2, -0.15) is 0 Å². The summed E-state index contributed by atoms with van der Waals surface area (Å²) in [6.07, 6.45) is 0. The SMILES string of the molecule is Cl.NCc1ccc2c(c1F)OCCO2. The van der Waals surface area contributed by atoms with E-state index in [1.54, 1.807) is 12.1 Å². The van der Waals surface area contributed by atoms with E-state index in [0.717, 1.165) is 0 Å². The number of hydrogen-bond acceptors (Lipinski definition) is 3. The largest absolute Gasteiger partial charge is 0.486 e. The second-order valence-corrected chi connectivity index (χ2v) is 2.77. The van der Waals surface area contributed by atoms with E-state index in [9.17, 15) is 4.39 Å². The smallest absolute Gasteiger partial charge is 0.197 e. The lowest BCUT2D eigenvalue weighted by molar-refractivity contribution is 0.164. The van der Waals surface area contributed by atoms with E-state index < -0.39 is 5.82 Å². The van der Waals surface area contributed by atoms with Crippen molar-refractivity contribution in [1.29, 1.82) is 0 Å². The van der Waals surface area contributed by atoms with Gasteiger partial charge in [0.2, 0.25) is 0 Å². The first-order valence-electron chi connectivity index (χ1n) is 4.10. The summed E-state index contributed by atoms with van der Waals surface area (Å²) in [6.45, 7) is 1.02. The van der Waals surface area contributed by atoms with E-state index in [4.69, 9.17) is 15.2 Å². The Balaban J connectivity index is 0.000000980. The van der Waals surface area contributed by atoms with Crippen LogP contribution in [0, 0.1) is 5.82 Å². The second kappa shape index (κ2) is 4.48. The number of fused-ring (bicyclic) bond motifs is 1. The van der Waals surface area contributed by atoms with Crippen LogP contribution in [0.25, 0.3) is 0 Å². The average molecular weight is 220 g/mol. The van der Waals surface area contributed by atoms with Crippen molar-refractivity contribution < 1.29 is 13.9 Å². The standard InChI is InChI=1S/C9H10FNO2.ClH/c10-8-6(5-11)1-2-7-9(8)13-4-3-12-7;/h1-2H,3-5,11H2;1H. The summed E-state index contributed by atoms with van der Waals surface area (Å²) in [6, 6.07) is 3.29. The van der Waals surface area contributed by atoms with Gasteiger partial charge in [-0.25, -0.2) is 4.39 Å². The Bertz CT molecular complexity index is 333. The highest BCUT2D eigenvalue weighted by atomic mass is 35.5. The molecule has 1 aromatic rings. The van der Waals surface area contributed by atoms with Crippen LogP contribution in [0.15, 0.2) is 12.1 Å². The van der Waals surface area contributed by atoms with Gasteiger partial charge in [-0.3, -0.25) is 0 Å². The summed E-state index contributed by atoms with van der Waals surface area (Å²) in [5.41, 5.74) is 5.80. The van der Waals surface area contributed by atoms with E-state index >= 15 is 0 Å². The normalized spacial score (nSPS) is 13.3. The minimum atomic E-state index is -0.403. The Hall–Kier alpha value is -1.00. The average Bonchev–Trinajstić information content (AvgIpc) is 2.19. The monoisotopic (exact) mass is 219 g/mol. The molecule has 3 nitrogen and oxygen atoms in total. The van der Waals surface area contributed by atoms with Crippen molar-refractivity contribution in [1.82, 2.24) is 0 Å². The van der Waals surface area contributed by atoms with Gasteiger partial charge in [0.15, 0.2) is 17.3 Å². The number of hydrogen-bond donors (Lipinski definition) is 1. The molecular weight excluding hydrogens is 209 g/mol. The van der Waals surface area contributed by atoms with Crippen LogP contribution < -0.4 is 15.2 Å².